The molecule has 0 aromatic carbocycles. The van der Waals surface area contributed by atoms with Crippen molar-refractivity contribution in [3.8, 4) is 0 Å². The Hall–Kier alpha value is -0.440. The summed E-state index contributed by atoms with van der Waals surface area (Å²) >= 11 is 1.78. The van der Waals surface area contributed by atoms with E-state index in [0.29, 0.717) is 5.25 Å². The lowest BCUT2D eigenvalue weighted by atomic mass is 10.1. The maximum atomic E-state index is 10.4. The van der Waals surface area contributed by atoms with E-state index in [9.17, 15) is 4.79 Å². The van der Waals surface area contributed by atoms with Crippen LogP contribution < -0.4 is 0 Å². The molecule has 1 aliphatic rings. The van der Waals surface area contributed by atoms with Gasteiger partial charge < -0.3 is 5.11 Å². The number of hydrogen-bond donors (Lipinski definition) is 1. The molecule has 0 aromatic heterocycles. The molecule has 0 bridgehead atoms. The quantitative estimate of drug-likeness (QED) is 0.709. The fraction of sp³-hybridized carbons (Fsp3) is 0.700. The average molecular weight is 200 g/mol. The summed E-state index contributed by atoms with van der Waals surface area (Å²) in [5.41, 5.74) is 0. The minimum Gasteiger partial charge on any atom is -0.481 e. The third-order valence-corrected chi connectivity index (χ3v) is 3.45. The Morgan fingerprint density at radius 1 is 1.77 bits per heavy atom. The molecule has 1 aliphatic carbocycles. The lowest BCUT2D eigenvalue weighted by Gasteiger charge is -2.19. The molecule has 0 saturated carbocycles. The second-order valence-electron chi connectivity index (χ2n) is 3.44. The van der Waals surface area contributed by atoms with Crippen molar-refractivity contribution in [2.75, 3.05) is 0 Å². The molecule has 1 rings (SSSR count). The fourth-order valence-corrected chi connectivity index (χ4v) is 2.83. The number of carboxylic acids is 1. The Bertz CT molecular complexity index is 201. The van der Waals surface area contributed by atoms with Crippen LogP contribution in [0, 0.1) is 0 Å². The lowest BCUT2D eigenvalue weighted by molar-refractivity contribution is -0.136. The highest BCUT2D eigenvalue weighted by Crippen LogP contribution is 2.27. The van der Waals surface area contributed by atoms with Gasteiger partial charge in [-0.2, -0.15) is 11.8 Å². The van der Waals surface area contributed by atoms with E-state index in [-0.39, 0.29) is 11.7 Å². The summed E-state index contributed by atoms with van der Waals surface area (Å²) in [5, 5.41) is 9.35. The van der Waals surface area contributed by atoms with Gasteiger partial charge in [-0.15, -0.1) is 0 Å². The minimum atomic E-state index is -0.695. The van der Waals surface area contributed by atoms with E-state index in [1.807, 2.05) is 6.92 Å². The SMILES string of the molecule is CC(CC(=O)O)SC1C=CCCC1. The molecular formula is C10H16O2S. The van der Waals surface area contributed by atoms with Crippen LogP contribution in [-0.2, 0) is 4.79 Å². The zero-order valence-corrected chi connectivity index (χ0v) is 8.72. The first-order valence-electron chi connectivity index (χ1n) is 4.72. The van der Waals surface area contributed by atoms with E-state index in [2.05, 4.69) is 12.2 Å². The highest BCUT2D eigenvalue weighted by Gasteiger charge is 2.15. The summed E-state index contributed by atoms with van der Waals surface area (Å²) in [6.07, 6.45) is 8.32. The van der Waals surface area contributed by atoms with Gasteiger partial charge in [-0.05, 0) is 19.3 Å². The number of aliphatic carboxylic acids is 1. The predicted octanol–water partition coefficient (Wildman–Crippen LogP) is 2.69. The van der Waals surface area contributed by atoms with Crippen molar-refractivity contribution < 1.29 is 9.90 Å². The van der Waals surface area contributed by atoms with Crippen molar-refractivity contribution in [2.45, 2.75) is 43.1 Å². The summed E-state index contributed by atoms with van der Waals surface area (Å²) in [6, 6.07) is 0. The summed E-state index contributed by atoms with van der Waals surface area (Å²) in [6.45, 7) is 1.99. The fourth-order valence-electron chi connectivity index (χ4n) is 1.49. The molecular weight excluding hydrogens is 184 g/mol. The van der Waals surface area contributed by atoms with Crippen LogP contribution in [0.1, 0.15) is 32.6 Å². The van der Waals surface area contributed by atoms with Gasteiger partial charge in [0.05, 0.1) is 6.42 Å². The van der Waals surface area contributed by atoms with Crippen LogP contribution in [-0.4, -0.2) is 21.6 Å². The summed E-state index contributed by atoms with van der Waals surface area (Å²) in [4.78, 5) is 10.4. The van der Waals surface area contributed by atoms with Crippen molar-refractivity contribution in [3.63, 3.8) is 0 Å². The zero-order valence-electron chi connectivity index (χ0n) is 7.90. The van der Waals surface area contributed by atoms with E-state index in [1.165, 1.54) is 19.3 Å². The lowest BCUT2D eigenvalue weighted by Crippen LogP contribution is -2.12. The van der Waals surface area contributed by atoms with Crippen molar-refractivity contribution in [2.24, 2.45) is 0 Å². The molecule has 2 atom stereocenters. The molecule has 0 aliphatic heterocycles. The van der Waals surface area contributed by atoms with E-state index in [4.69, 9.17) is 5.11 Å². The number of hydrogen-bond acceptors (Lipinski definition) is 2. The van der Waals surface area contributed by atoms with Crippen molar-refractivity contribution in [1.82, 2.24) is 0 Å². The maximum absolute atomic E-state index is 10.4. The summed E-state index contributed by atoms with van der Waals surface area (Å²) in [7, 11) is 0. The molecule has 13 heavy (non-hydrogen) atoms. The molecule has 2 nitrogen and oxygen atoms in total. The second kappa shape index (κ2) is 5.32. The Morgan fingerprint density at radius 2 is 2.54 bits per heavy atom. The molecule has 0 aromatic rings. The molecule has 3 heteroatoms. The topological polar surface area (TPSA) is 37.3 Å². The van der Waals surface area contributed by atoms with E-state index < -0.39 is 5.97 Å². The molecule has 0 saturated heterocycles. The largest absolute Gasteiger partial charge is 0.481 e. The smallest absolute Gasteiger partial charge is 0.304 e. The average Bonchev–Trinajstić information content (AvgIpc) is 2.04. The van der Waals surface area contributed by atoms with Crippen LogP contribution in [0.2, 0.25) is 0 Å². The van der Waals surface area contributed by atoms with Crippen LogP contribution in [0.4, 0.5) is 0 Å². The molecule has 0 fully saturated rings. The van der Waals surface area contributed by atoms with Gasteiger partial charge in [-0.3, -0.25) is 4.79 Å². The Labute approximate surface area is 83.4 Å². The third kappa shape index (κ3) is 4.36. The number of thioether (sulfide) groups is 1. The Morgan fingerprint density at radius 3 is 3.08 bits per heavy atom. The van der Waals surface area contributed by atoms with Crippen molar-refractivity contribution in [1.29, 1.82) is 0 Å². The molecule has 0 radical (unpaired) electrons. The second-order valence-corrected chi connectivity index (χ2v) is 5.12. The van der Waals surface area contributed by atoms with E-state index in [1.54, 1.807) is 11.8 Å². The van der Waals surface area contributed by atoms with Crippen LogP contribution in [0.3, 0.4) is 0 Å². The third-order valence-electron chi connectivity index (χ3n) is 2.08. The molecule has 74 valence electrons. The number of allylic oxidation sites excluding steroid dienone is 1. The van der Waals surface area contributed by atoms with Crippen LogP contribution in [0.25, 0.3) is 0 Å². The Balaban J connectivity index is 2.26. The van der Waals surface area contributed by atoms with Gasteiger partial charge in [0.25, 0.3) is 0 Å². The first-order valence-corrected chi connectivity index (χ1v) is 5.66. The van der Waals surface area contributed by atoms with Gasteiger partial charge >= 0.3 is 5.97 Å². The highest BCUT2D eigenvalue weighted by atomic mass is 32.2. The molecule has 0 amide bonds. The van der Waals surface area contributed by atoms with Gasteiger partial charge in [0.15, 0.2) is 0 Å². The molecule has 2 unspecified atom stereocenters. The molecule has 0 heterocycles. The van der Waals surface area contributed by atoms with Crippen LogP contribution in [0.5, 0.6) is 0 Å². The van der Waals surface area contributed by atoms with Gasteiger partial charge in [0.2, 0.25) is 0 Å². The summed E-state index contributed by atoms with van der Waals surface area (Å²) in [5.74, 6) is -0.695. The molecule has 0 spiro atoms. The van der Waals surface area contributed by atoms with Gasteiger partial charge in [-0.25, -0.2) is 0 Å². The Kier molecular flexibility index (Phi) is 4.36. The number of rotatable bonds is 4. The number of carbonyl (C=O) groups is 1. The normalized spacial score (nSPS) is 24.2. The van der Waals surface area contributed by atoms with Crippen molar-refractivity contribution >= 4 is 17.7 Å². The standard InChI is InChI=1S/C10H16O2S/c1-8(7-10(11)12)13-9-5-3-2-4-6-9/h3,5,8-9H,2,4,6-7H2,1H3,(H,11,12). The number of carboxylic acid groups (broad SMARTS) is 1. The highest BCUT2D eigenvalue weighted by molar-refractivity contribution is 8.00. The van der Waals surface area contributed by atoms with Crippen LogP contribution in [0.15, 0.2) is 12.2 Å². The monoisotopic (exact) mass is 200 g/mol. The van der Waals surface area contributed by atoms with Gasteiger partial charge in [0.1, 0.15) is 0 Å². The van der Waals surface area contributed by atoms with Gasteiger partial charge in [-0.1, -0.05) is 19.1 Å². The summed E-state index contributed by atoms with van der Waals surface area (Å²) < 4.78 is 0. The van der Waals surface area contributed by atoms with Crippen LogP contribution >= 0.6 is 11.8 Å². The van der Waals surface area contributed by atoms with Crippen molar-refractivity contribution in [3.05, 3.63) is 12.2 Å². The van der Waals surface area contributed by atoms with E-state index >= 15 is 0 Å². The first-order chi connectivity index (χ1) is 6.18. The first kappa shape index (κ1) is 10.6. The van der Waals surface area contributed by atoms with E-state index in [0.717, 1.165) is 0 Å². The minimum absolute atomic E-state index is 0.227. The molecule has 1 N–H and O–H groups in total. The van der Waals surface area contributed by atoms with Gasteiger partial charge in [0, 0.05) is 10.5 Å². The predicted molar refractivity (Wildman–Crippen MR) is 56.1 cm³/mol. The zero-order chi connectivity index (χ0) is 9.68. The maximum Gasteiger partial charge on any atom is 0.304 e.